The number of carbonyl (C=O) groups is 1. The number of fused-ring (bicyclic) bond motifs is 1. The zero-order valence-corrected chi connectivity index (χ0v) is 16.3. The van der Waals surface area contributed by atoms with Gasteiger partial charge < -0.3 is 15.2 Å². The molecule has 0 spiro atoms. The maximum atomic E-state index is 12.7. The fourth-order valence-electron chi connectivity index (χ4n) is 3.55. The largest absolute Gasteiger partial charge is 0.352 e. The van der Waals surface area contributed by atoms with Gasteiger partial charge in [0.2, 0.25) is 11.9 Å². The summed E-state index contributed by atoms with van der Waals surface area (Å²) in [6, 6.07) is 16.4. The summed E-state index contributed by atoms with van der Waals surface area (Å²) in [7, 11) is 0. The van der Waals surface area contributed by atoms with Crippen molar-refractivity contribution in [2.75, 3.05) is 24.2 Å². The molecule has 0 unspecified atom stereocenters. The van der Waals surface area contributed by atoms with Gasteiger partial charge in [-0.3, -0.25) is 4.79 Å². The number of rotatable bonds is 5. The Hall–Kier alpha value is -2.47. The van der Waals surface area contributed by atoms with Crippen LogP contribution in [0.25, 0.3) is 11.0 Å². The molecule has 2 aromatic carbocycles. The summed E-state index contributed by atoms with van der Waals surface area (Å²) in [6.07, 6.45) is 3.99. The number of carbonyl (C=O) groups excluding carboxylic acids is 1. The van der Waals surface area contributed by atoms with Crippen LogP contribution in [0.5, 0.6) is 0 Å². The zero-order chi connectivity index (χ0) is 18.6. The van der Waals surface area contributed by atoms with E-state index in [0.717, 1.165) is 41.9 Å². The number of para-hydroxylation sites is 2. The number of nitrogens with zero attached hydrogens (tertiary/aromatic N) is 2. The van der Waals surface area contributed by atoms with Gasteiger partial charge in [-0.1, -0.05) is 24.3 Å². The third-order valence-electron chi connectivity index (χ3n) is 5.09. The van der Waals surface area contributed by atoms with E-state index in [1.165, 1.54) is 4.90 Å². The second kappa shape index (κ2) is 8.05. The molecule has 0 saturated carbocycles. The Labute approximate surface area is 163 Å². The van der Waals surface area contributed by atoms with Gasteiger partial charge in [-0.2, -0.15) is 0 Å². The minimum atomic E-state index is -0.00238. The number of thioether (sulfide) groups is 1. The Bertz CT molecular complexity index is 888. The smallest absolute Gasteiger partial charge is 0.225 e. The first-order chi connectivity index (χ1) is 13.2. The molecule has 1 saturated heterocycles. The van der Waals surface area contributed by atoms with Gasteiger partial charge in [-0.05, 0) is 48.9 Å². The highest BCUT2D eigenvalue weighted by atomic mass is 32.2. The molecule has 1 aliphatic rings. The van der Waals surface area contributed by atoms with Crippen molar-refractivity contribution in [2.24, 2.45) is 5.92 Å². The van der Waals surface area contributed by atoms with Crippen molar-refractivity contribution >= 4 is 34.7 Å². The Balaban J connectivity index is 1.37. The number of nitrogens with one attached hydrogen (secondary N) is 2. The predicted octanol–water partition coefficient (Wildman–Crippen LogP) is 3.82. The lowest BCUT2D eigenvalue weighted by Crippen LogP contribution is -2.43. The Morgan fingerprint density at radius 2 is 2.07 bits per heavy atom. The Morgan fingerprint density at radius 1 is 1.26 bits per heavy atom. The zero-order valence-electron chi connectivity index (χ0n) is 15.4. The maximum absolute atomic E-state index is 12.7. The summed E-state index contributed by atoms with van der Waals surface area (Å²) in [5, 5.41) is 3.10. The van der Waals surface area contributed by atoms with Gasteiger partial charge in [0.15, 0.2) is 0 Å². The molecular weight excluding hydrogens is 356 g/mol. The molecule has 6 heteroatoms. The van der Waals surface area contributed by atoms with Gasteiger partial charge in [0.05, 0.1) is 17.0 Å². The summed E-state index contributed by atoms with van der Waals surface area (Å²) in [4.78, 5) is 24.2. The van der Waals surface area contributed by atoms with Crippen molar-refractivity contribution < 1.29 is 4.79 Å². The lowest BCUT2D eigenvalue weighted by molar-refractivity contribution is -0.125. The molecule has 5 nitrogen and oxygen atoms in total. The molecule has 27 heavy (non-hydrogen) atoms. The van der Waals surface area contributed by atoms with Gasteiger partial charge >= 0.3 is 0 Å². The topological polar surface area (TPSA) is 61.0 Å². The highest BCUT2D eigenvalue weighted by Crippen LogP contribution is 2.23. The number of piperidine rings is 1. The van der Waals surface area contributed by atoms with Gasteiger partial charge in [-0.15, -0.1) is 11.8 Å². The highest BCUT2D eigenvalue weighted by molar-refractivity contribution is 7.98. The second-order valence-electron chi connectivity index (χ2n) is 6.93. The average Bonchev–Trinajstić information content (AvgIpc) is 3.17. The molecule has 3 aromatic rings. The van der Waals surface area contributed by atoms with Crippen LogP contribution in [0.4, 0.5) is 5.95 Å². The van der Waals surface area contributed by atoms with Crippen LogP contribution in [-0.2, 0) is 11.3 Å². The van der Waals surface area contributed by atoms with E-state index in [4.69, 9.17) is 0 Å². The van der Waals surface area contributed by atoms with Crippen LogP contribution in [0.2, 0.25) is 0 Å². The van der Waals surface area contributed by atoms with Crippen LogP contribution in [0.1, 0.15) is 18.4 Å². The first-order valence-electron chi connectivity index (χ1n) is 9.33. The van der Waals surface area contributed by atoms with Crippen LogP contribution < -0.4 is 10.2 Å². The average molecular weight is 381 g/mol. The minimum absolute atomic E-state index is 0.00238. The van der Waals surface area contributed by atoms with Crippen molar-refractivity contribution in [1.29, 1.82) is 0 Å². The van der Waals surface area contributed by atoms with E-state index in [9.17, 15) is 4.79 Å². The molecule has 1 aliphatic heterocycles. The summed E-state index contributed by atoms with van der Waals surface area (Å²) < 4.78 is 0. The number of aromatic amines is 1. The molecule has 0 aliphatic carbocycles. The van der Waals surface area contributed by atoms with E-state index >= 15 is 0 Å². The summed E-state index contributed by atoms with van der Waals surface area (Å²) in [5.41, 5.74) is 3.13. The van der Waals surface area contributed by atoms with Gasteiger partial charge in [0.1, 0.15) is 0 Å². The SMILES string of the molecule is CSc1ccc(CNC(=O)[C@@H]2CCCN(c3nc4ccccc4[nH]3)C2)cc1. The third-order valence-corrected chi connectivity index (χ3v) is 5.84. The number of anilines is 1. The van der Waals surface area contributed by atoms with E-state index in [0.29, 0.717) is 13.1 Å². The van der Waals surface area contributed by atoms with Crippen molar-refractivity contribution in [2.45, 2.75) is 24.3 Å². The highest BCUT2D eigenvalue weighted by Gasteiger charge is 2.27. The molecule has 140 valence electrons. The van der Waals surface area contributed by atoms with Crippen molar-refractivity contribution in [1.82, 2.24) is 15.3 Å². The normalized spacial score (nSPS) is 17.2. The lowest BCUT2D eigenvalue weighted by Gasteiger charge is -2.31. The number of imidazole rings is 1. The fraction of sp³-hybridized carbons (Fsp3) is 0.333. The van der Waals surface area contributed by atoms with E-state index in [-0.39, 0.29) is 11.8 Å². The number of hydrogen-bond donors (Lipinski definition) is 2. The predicted molar refractivity (Wildman–Crippen MR) is 111 cm³/mol. The molecule has 0 radical (unpaired) electrons. The Morgan fingerprint density at radius 3 is 2.85 bits per heavy atom. The second-order valence-corrected chi connectivity index (χ2v) is 7.81. The summed E-state index contributed by atoms with van der Waals surface area (Å²) in [5.74, 6) is 0.989. The van der Waals surface area contributed by atoms with Crippen molar-refractivity contribution in [3.05, 3.63) is 54.1 Å². The standard InChI is InChI=1S/C21H24N4OS/c1-27-17-10-8-15(9-11-17)13-22-20(26)16-5-4-12-25(14-16)21-23-18-6-2-3-7-19(18)24-21/h2-3,6-11,16H,4-5,12-14H2,1H3,(H,22,26)(H,23,24)/t16-/m1/s1. The molecule has 1 fully saturated rings. The summed E-state index contributed by atoms with van der Waals surface area (Å²) >= 11 is 1.72. The number of aromatic nitrogens is 2. The van der Waals surface area contributed by atoms with Crippen LogP contribution in [-0.4, -0.2) is 35.2 Å². The van der Waals surface area contributed by atoms with Crippen LogP contribution in [0.15, 0.2) is 53.4 Å². The van der Waals surface area contributed by atoms with Gasteiger partial charge in [0.25, 0.3) is 0 Å². The molecule has 1 atom stereocenters. The van der Waals surface area contributed by atoms with Gasteiger partial charge in [0, 0.05) is 24.5 Å². The molecule has 1 aromatic heterocycles. The first kappa shape index (κ1) is 17.9. The fourth-order valence-corrected chi connectivity index (χ4v) is 3.96. The van der Waals surface area contributed by atoms with Crippen molar-refractivity contribution in [3.63, 3.8) is 0 Å². The van der Waals surface area contributed by atoms with Crippen LogP contribution >= 0.6 is 11.8 Å². The molecule has 4 rings (SSSR count). The number of benzene rings is 2. The van der Waals surface area contributed by atoms with E-state index in [2.05, 4.69) is 50.7 Å². The molecule has 2 N–H and O–H groups in total. The first-order valence-corrected chi connectivity index (χ1v) is 10.6. The number of amides is 1. The maximum Gasteiger partial charge on any atom is 0.225 e. The monoisotopic (exact) mass is 380 g/mol. The molecule has 2 heterocycles. The minimum Gasteiger partial charge on any atom is -0.352 e. The molecule has 0 bridgehead atoms. The van der Waals surface area contributed by atoms with E-state index < -0.39 is 0 Å². The van der Waals surface area contributed by atoms with E-state index in [1.807, 2.05) is 24.3 Å². The third kappa shape index (κ3) is 4.11. The van der Waals surface area contributed by atoms with Crippen molar-refractivity contribution in [3.8, 4) is 0 Å². The van der Waals surface area contributed by atoms with Gasteiger partial charge in [-0.25, -0.2) is 4.98 Å². The summed E-state index contributed by atoms with van der Waals surface area (Å²) in [6.45, 7) is 2.21. The number of hydrogen-bond acceptors (Lipinski definition) is 4. The lowest BCUT2D eigenvalue weighted by atomic mass is 9.97. The molecule has 1 amide bonds. The Kier molecular flexibility index (Phi) is 5.34. The van der Waals surface area contributed by atoms with Crippen LogP contribution in [0.3, 0.4) is 0 Å². The molecular formula is C21H24N4OS. The van der Waals surface area contributed by atoms with Crippen LogP contribution in [0, 0.1) is 5.92 Å². The quantitative estimate of drug-likeness (QED) is 0.661. The number of H-pyrrole nitrogens is 1. The van der Waals surface area contributed by atoms with E-state index in [1.54, 1.807) is 11.8 Å².